The van der Waals surface area contributed by atoms with E-state index in [0.29, 0.717) is 18.2 Å². The highest BCUT2D eigenvalue weighted by atomic mass is 16.5. The van der Waals surface area contributed by atoms with Crippen LogP contribution in [0.3, 0.4) is 0 Å². The van der Waals surface area contributed by atoms with Crippen LogP contribution in [0.1, 0.15) is 63.6 Å². The second-order valence-corrected chi connectivity index (χ2v) is 6.43. The van der Waals surface area contributed by atoms with Gasteiger partial charge in [0.1, 0.15) is 5.78 Å². The smallest absolute Gasteiger partial charge is 0.144 e. The highest BCUT2D eigenvalue weighted by Gasteiger charge is 2.32. The Morgan fingerprint density at radius 1 is 1.33 bits per heavy atom. The lowest BCUT2D eigenvalue weighted by Gasteiger charge is -2.21. The zero-order chi connectivity index (χ0) is 14.7. The Morgan fingerprint density at radius 2 is 2.14 bits per heavy atom. The number of carbonyl (C=O) groups is 1. The average Bonchev–Trinajstić information content (AvgIpc) is 3.16. The molecule has 116 valence electrons. The quantitative estimate of drug-likeness (QED) is 0.835. The average molecular weight is 290 g/mol. The summed E-state index contributed by atoms with van der Waals surface area (Å²) in [6.45, 7) is 2.82. The van der Waals surface area contributed by atoms with Gasteiger partial charge in [0.2, 0.25) is 0 Å². The zero-order valence-electron chi connectivity index (χ0n) is 13.0. The molecule has 0 N–H and O–H groups in total. The SMILES string of the molecule is CCC1OCCC1C(=O)Cc1ccn(C2CCCCC2)n1. The van der Waals surface area contributed by atoms with Gasteiger partial charge in [-0.05, 0) is 31.7 Å². The van der Waals surface area contributed by atoms with Gasteiger partial charge in [0, 0.05) is 18.7 Å². The molecule has 0 spiro atoms. The summed E-state index contributed by atoms with van der Waals surface area (Å²) >= 11 is 0. The van der Waals surface area contributed by atoms with Crippen molar-refractivity contribution in [2.75, 3.05) is 6.61 Å². The molecule has 3 rings (SSSR count). The number of hydrogen-bond acceptors (Lipinski definition) is 3. The topological polar surface area (TPSA) is 44.1 Å². The predicted molar refractivity (Wildman–Crippen MR) is 81.2 cm³/mol. The molecule has 1 saturated carbocycles. The Bertz CT molecular complexity index is 477. The molecule has 2 heterocycles. The molecule has 2 fully saturated rings. The van der Waals surface area contributed by atoms with E-state index < -0.39 is 0 Å². The van der Waals surface area contributed by atoms with Crippen molar-refractivity contribution in [3.63, 3.8) is 0 Å². The maximum Gasteiger partial charge on any atom is 0.144 e. The van der Waals surface area contributed by atoms with E-state index in [1.54, 1.807) is 0 Å². The molecular weight excluding hydrogens is 264 g/mol. The molecule has 0 bridgehead atoms. The minimum absolute atomic E-state index is 0.0785. The third kappa shape index (κ3) is 3.37. The fourth-order valence-corrected chi connectivity index (χ4v) is 3.75. The van der Waals surface area contributed by atoms with E-state index in [0.717, 1.165) is 25.1 Å². The third-order valence-corrected chi connectivity index (χ3v) is 4.99. The molecule has 1 aromatic heterocycles. The van der Waals surface area contributed by atoms with Gasteiger partial charge in [-0.3, -0.25) is 9.48 Å². The molecule has 1 aliphatic carbocycles. The summed E-state index contributed by atoms with van der Waals surface area (Å²) in [4.78, 5) is 12.4. The highest BCUT2D eigenvalue weighted by Crippen LogP contribution is 2.28. The lowest BCUT2D eigenvalue weighted by atomic mass is 9.92. The number of Topliss-reactive ketones (excluding diaryl/α,β-unsaturated/α-hetero) is 1. The van der Waals surface area contributed by atoms with Gasteiger partial charge in [0.15, 0.2) is 0 Å². The van der Waals surface area contributed by atoms with Crippen LogP contribution in [0.2, 0.25) is 0 Å². The molecule has 1 aromatic rings. The van der Waals surface area contributed by atoms with Gasteiger partial charge in [-0.25, -0.2) is 0 Å². The van der Waals surface area contributed by atoms with E-state index in [1.165, 1.54) is 32.1 Å². The number of aromatic nitrogens is 2. The van der Waals surface area contributed by atoms with Crippen LogP contribution < -0.4 is 0 Å². The first kappa shape index (κ1) is 14.8. The molecule has 1 saturated heterocycles. The molecule has 4 nitrogen and oxygen atoms in total. The standard InChI is InChI=1S/C17H26N2O2/c1-2-17-15(9-11-21-17)16(20)12-13-8-10-19(18-13)14-6-4-3-5-7-14/h8,10,14-15,17H,2-7,9,11-12H2,1H3. The molecule has 21 heavy (non-hydrogen) atoms. The normalized spacial score (nSPS) is 27.1. The molecule has 4 heteroatoms. The first-order valence-corrected chi connectivity index (χ1v) is 8.46. The van der Waals surface area contributed by atoms with Gasteiger partial charge in [-0.1, -0.05) is 26.2 Å². The molecule has 0 aromatic carbocycles. The van der Waals surface area contributed by atoms with E-state index in [9.17, 15) is 4.79 Å². The number of hydrogen-bond donors (Lipinski definition) is 0. The molecule has 2 aliphatic rings. The number of carbonyl (C=O) groups excluding carboxylic acids is 1. The summed E-state index contributed by atoms with van der Waals surface area (Å²) < 4.78 is 7.72. The monoisotopic (exact) mass is 290 g/mol. The Balaban J connectivity index is 1.60. The highest BCUT2D eigenvalue weighted by molar-refractivity contribution is 5.83. The summed E-state index contributed by atoms with van der Waals surface area (Å²) in [6.07, 6.45) is 10.8. The fourth-order valence-electron chi connectivity index (χ4n) is 3.75. The second-order valence-electron chi connectivity index (χ2n) is 6.43. The Kier molecular flexibility index (Phi) is 4.73. The van der Waals surface area contributed by atoms with Crippen LogP contribution in [0.4, 0.5) is 0 Å². The van der Waals surface area contributed by atoms with E-state index in [-0.39, 0.29) is 12.0 Å². The van der Waals surface area contributed by atoms with Gasteiger partial charge >= 0.3 is 0 Å². The summed E-state index contributed by atoms with van der Waals surface area (Å²) in [6, 6.07) is 2.56. The predicted octanol–water partition coefficient (Wildman–Crippen LogP) is 3.32. The number of rotatable bonds is 5. The van der Waals surface area contributed by atoms with Crippen molar-refractivity contribution in [1.82, 2.24) is 9.78 Å². The van der Waals surface area contributed by atoms with Crippen LogP contribution in [0.25, 0.3) is 0 Å². The van der Waals surface area contributed by atoms with E-state index in [4.69, 9.17) is 4.74 Å². The number of ether oxygens (including phenoxy) is 1. The van der Waals surface area contributed by atoms with Crippen LogP contribution in [0.5, 0.6) is 0 Å². The van der Waals surface area contributed by atoms with Crippen molar-refractivity contribution in [2.24, 2.45) is 5.92 Å². The first-order chi connectivity index (χ1) is 10.3. The summed E-state index contributed by atoms with van der Waals surface area (Å²) in [5.74, 6) is 0.378. The van der Waals surface area contributed by atoms with Gasteiger partial charge < -0.3 is 4.74 Å². The number of nitrogens with zero attached hydrogens (tertiary/aromatic N) is 2. The summed E-state index contributed by atoms with van der Waals surface area (Å²) in [5, 5.41) is 4.65. The lowest BCUT2D eigenvalue weighted by molar-refractivity contribution is -0.123. The first-order valence-electron chi connectivity index (χ1n) is 8.46. The maximum absolute atomic E-state index is 12.4. The van der Waals surface area contributed by atoms with E-state index in [1.807, 2.05) is 6.07 Å². The lowest BCUT2D eigenvalue weighted by Crippen LogP contribution is -2.25. The van der Waals surface area contributed by atoms with Gasteiger partial charge in [-0.2, -0.15) is 5.10 Å². The molecule has 0 radical (unpaired) electrons. The van der Waals surface area contributed by atoms with Crippen LogP contribution in [0, 0.1) is 5.92 Å². The summed E-state index contributed by atoms with van der Waals surface area (Å²) in [5.41, 5.74) is 0.923. The minimum atomic E-state index is 0.0785. The van der Waals surface area contributed by atoms with Crippen molar-refractivity contribution >= 4 is 5.78 Å². The fraction of sp³-hybridized carbons (Fsp3) is 0.765. The second kappa shape index (κ2) is 6.73. The van der Waals surface area contributed by atoms with Gasteiger partial charge in [0.25, 0.3) is 0 Å². The molecule has 1 aliphatic heterocycles. The molecule has 0 amide bonds. The van der Waals surface area contributed by atoms with Crippen LogP contribution in [0.15, 0.2) is 12.3 Å². The van der Waals surface area contributed by atoms with Crippen molar-refractivity contribution in [3.8, 4) is 0 Å². The van der Waals surface area contributed by atoms with Crippen LogP contribution >= 0.6 is 0 Å². The summed E-state index contributed by atoms with van der Waals surface area (Å²) in [7, 11) is 0. The molecule has 2 unspecified atom stereocenters. The van der Waals surface area contributed by atoms with Crippen LogP contribution in [-0.4, -0.2) is 28.3 Å². The van der Waals surface area contributed by atoms with Crippen molar-refractivity contribution in [3.05, 3.63) is 18.0 Å². The van der Waals surface area contributed by atoms with Crippen molar-refractivity contribution in [1.29, 1.82) is 0 Å². The van der Waals surface area contributed by atoms with Crippen LogP contribution in [-0.2, 0) is 16.0 Å². The Hall–Kier alpha value is -1.16. The Labute approximate surface area is 126 Å². The minimum Gasteiger partial charge on any atom is -0.377 e. The zero-order valence-corrected chi connectivity index (χ0v) is 13.0. The molecular formula is C17H26N2O2. The van der Waals surface area contributed by atoms with Gasteiger partial charge in [0.05, 0.1) is 24.3 Å². The van der Waals surface area contributed by atoms with E-state index in [2.05, 4.69) is 22.9 Å². The van der Waals surface area contributed by atoms with E-state index >= 15 is 0 Å². The van der Waals surface area contributed by atoms with Crippen molar-refractivity contribution < 1.29 is 9.53 Å². The maximum atomic E-state index is 12.4. The third-order valence-electron chi connectivity index (χ3n) is 4.99. The van der Waals surface area contributed by atoms with Gasteiger partial charge in [-0.15, -0.1) is 0 Å². The Morgan fingerprint density at radius 3 is 2.90 bits per heavy atom. The molecule has 2 atom stereocenters. The number of ketones is 1. The van der Waals surface area contributed by atoms with Crippen molar-refractivity contribution in [2.45, 2.75) is 70.4 Å². The largest absolute Gasteiger partial charge is 0.377 e.